The van der Waals surface area contributed by atoms with Crippen LogP contribution in [-0.4, -0.2) is 18.1 Å². The normalized spacial score (nSPS) is 23.9. The summed E-state index contributed by atoms with van der Waals surface area (Å²) in [5.41, 5.74) is 0. The van der Waals surface area contributed by atoms with Crippen LogP contribution in [0.1, 0.15) is 31.4 Å². The van der Waals surface area contributed by atoms with E-state index in [2.05, 4.69) is 5.32 Å². The minimum absolute atomic E-state index is 0.0797. The monoisotopic (exact) mass is 287 g/mol. The van der Waals surface area contributed by atoms with Gasteiger partial charge in [0.1, 0.15) is 5.76 Å². The Kier molecular flexibility index (Phi) is 4.52. The second kappa shape index (κ2) is 6.15. The summed E-state index contributed by atoms with van der Waals surface area (Å²) in [6, 6.07) is 2.49. The second-order valence-electron chi connectivity index (χ2n) is 4.90. The van der Waals surface area contributed by atoms with E-state index in [0.717, 1.165) is 0 Å². The summed E-state index contributed by atoms with van der Waals surface area (Å²) in [6.45, 7) is 0. The van der Waals surface area contributed by atoms with E-state index < -0.39 is 24.0 Å². The molecular weight excluding hydrogens is 271 g/mol. The number of carbonyl (C=O) groups is 1. The fourth-order valence-corrected chi connectivity index (χ4v) is 2.47. The predicted molar refractivity (Wildman–Crippen MR) is 67.7 cm³/mol. The summed E-state index contributed by atoms with van der Waals surface area (Å²) in [5, 5.41) is 2.45. The molecule has 2 unspecified atom stereocenters. The highest BCUT2D eigenvalue weighted by Gasteiger charge is 2.45. The summed E-state index contributed by atoms with van der Waals surface area (Å²) in [7, 11) is 0. The molecule has 1 heterocycles. The average Bonchev–Trinajstić information content (AvgIpc) is 2.89. The van der Waals surface area contributed by atoms with Crippen LogP contribution in [0.15, 0.2) is 28.9 Å². The van der Waals surface area contributed by atoms with Gasteiger partial charge in [-0.05, 0) is 31.1 Å². The highest BCUT2D eigenvalue weighted by atomic mass is 19.4. The zero-order valence-corrected chi connectivity index (χ0v) is 10.8. The first kappa shape index (κ1) is 14.7. The Morgan fingerprint density at radius 1 is 1.35 bits per heavy atom. The van der Waals surface area contributed by atoms with Gasteiger partial charge in [-0.1, -0.05) is 12.8 Å². The standard InChI is InChI=1S/C14H16F3NO2/c15-14(16,17)11-5-1-2-6-12(11)18-13(19)8-7-10-4-3-9-20-10/h3-4,7-9,11-12H,1-2,5-6H2,(H,18,19)/b8-7+. The quantitative estimate of drug-likeness (QED) is 0.864. The van der Waals surface area contributed by atoms with Crippen molar-refractivity contribution in [3.05, 3.63) is 30.2 Å². The molecule has 3 nitrogen and oxygen atoms in total. The molecule has 6 heteroatoms. The van der Waals surface area contributed by atoms with Crippen LogP contribution in [0.3, 0.4) is 0 Å². The third kappa shape index (κ3) is 3.88. The fraction of sp³-hybridized carbons (Fsp3) is 0.500. The summed E-state index contributed by atoms with van der Waals surface area (Å²) < 4.78 is 43.6. The Labute approximate surface area is 114 Å². The van der Waals surface area contributed by atoms with Gasteiger partial charge in [0.05, 0.1) is 12.2 Å². The number of rotatable bonds is 3. The van der Waals surface area contributed by atoms with E-state index in [1.54, 1.807) is 12.1 Å². The molecule has 1 aliphatic carbocycles. The Bertz CT molecular complexity index is 465. The van der Waals surface area contributed by atoms with Crippen LogP contribution in [0.5, 0.6) is 0 Å². The van der Waals surface area contributed by atoms with Crippen molar-refractivity contribution in [2.45, 2.75) is 37.9 Å². The van der Waals surface area contributed by atoms with Crippen molar-refractivity contribution in [1.82, 2.24) is 5.32 Å². The lowest BCUT2D eigenvalue weighted by atomic mass is 9.84. The molecule has 1 aromatic rings. The smallest absolute Gasteiger partial charge is 0.393 e. The molecule has 0 radical (unpaired) electrons. The molecule has 20 heavy (non-hydrogen) atoms. The van der Waals surface area contributed by atoms with Gasteiger partial charge in [0, 0.05) is 12.1 Å². The van der Waals surface area contributed by atoms with Crippen molar-refractivity contribution in [2.75, 3.05) is 0 Å². The van der Waals surface area contributed by atoms with E-state index in [1.165, 1.54) is 18.4 Å². The molecule has 2 rings (SSSR count). The molecule has 1 aromatic heterocycles. The zero-order valence-electron chi connectivity index (χ0n) is 10.8. The Balaban J connectivity index is 1.95. The first-order chi connectivity index (χ1) is 9.47. The highest BCUT2D eigenvalue weighted by molar-refractivity contribution is 5.91. The third-order valence-electron chi connectivity index (χ3n) is 3.46. The molecule has 1 saturated carbocycles. The van der Waals surface area contributed by atoms with E-state index in [-0.39, 0.29) is 6.42 Å². The van der Waals surface area contributed by atoms with Gasteiger partial charge in [-0.2, -0.15) is 13.2 Å². The van der Waals surface area contributed by atoms with Crippen LogP contribution >= 0.6 is 0 Å². The van der Waals surface area contributed by atoms with Gasteiger partial charge < -0.3 is 9.73 Å². The highest BCUT2D eigenvalue weighted by Crippen LogP contribution is 2.37. The van der Waals surface area contributed by atoms with Crippen molar-refractivity contribution in [3.8, 4) is 0 Å². The number of furan rings is 1. The molecule has 1 N–H and O–H groups in total. The first-order valence-corrected chi connectivity index (χ1v) is 6.55. The fourth-order valence-electron chi connectivity index (χ4n) is 2.47. The summed E-state index contributed by atoms with van der Waals surface area (Å²) in [5.74, 6) is -1.49. The number of alkyl halides is 3. The van der Waals surface area contributed by atoms with E-state index in [9.17, 15) is 18.0 Å². The molecule has 1 amide bonds. The van der Waals surface area contributed by atoms with Gasteiger partial charge in [-0.15, -0.1) is 0 Å². The molecule has 2 atom stereocenters. The van der Waals surface area contributed by atoms with Crippen molar-refractivity contribution in [3.63, 3.8) is 0 Å². The van der Waals surface area contributed by atoms with E-state index >= 15 is 0 Å². The minimum atomic E-state index is -4.26. The largest absolute Gasteiger partial charge is 0.465 e. The lowest BCUT2D eigenvalue weighted by molar-refractivity contribution is -0.188. The maximum Gasteiger partial charge on any atom is 0.393 e. The number of nitrogens with one attached hydrogen (secondary N) is 1. The van der Waals surface area contributed by atoms with Gasteiger partial charge in [-0.25, -0.2) is 0 Å². The number of halogens is 3. The van der Waals surface area contributed by atoms with Crippen molar-refractivity contribution in [1.29, 1.82) is 0 Å². The lowest BCUT2D eigenvalue weighted by Crippen LogP contribution is -2.47. The summed E-state index contributed by atoms with van der Waals surface area (Å²) in [4.78, 5) is 11.7. The first-order valence-electron chi connectivity index (χ1n) is 6.55. The average molecular weight is 287 g/mol. The molecule has 0 aliphatic heterocycles. The molecule has 1 fully saturated rings. The van der Waals surface area contributed by atoms with Gasteiger partial charge in [-0.3, -0.25) is 4.79 Å². The van der Waals surface area contributed by atoms with Crippen molar-refractivity contribution in [2.24, 2.45) is 5.92 Å². The third-order valence-corrected chi connectivity index (χ3v) is 3.46. The Morgan fingerprint density at radius 2 is 2.10 bits per heavy atom. The van der Waals surface area contributed by atoms with Crippen molar-refractivity contribution < 1.29 is 22.4 Å². The molecule has 0 saturated heterocycles. The molecule has 0 spiro atoms. The zero-order chi connectivity index (χ0) is 14.6. The maximum absolute atomic E-state index is 12.9. The molecule has 110 valence electrons. The lowest BCUT2D eigenvalue weighted by Gasteiger charge is -2.33. The second-order valence-corrected chi connectivity index (χ2v) is 4.90. The van der Waals surface area contributed by atoms with Crippen LogP contribution in [0.4, 0.5) is 13.2 Å². The van der Waals surface area contributed by atoms with Crippen LogP contribution in [0.25, 0.3) is 6.08 Å². The van der Waals surface area contributed by atoms with Crippen molar-refractivity contribution >= 4 is 12.0 Å². The number of hydrogen-bond donors (Lipinski definition) is 1. The van der Waals surface area contributed by atoms with Gasteiger partial charge in [0.25, 0.3) is 0 Å². The predicted octanol–water partition coefficient (Wildman–Crippen LogP) is 3.53. The van der Waals surface area contributed by atoms with Gasteiger partial charge in [0.2, 0.25) is 5.91 Å². The van der Waals surface area contributed by atoms with Gasteiger partial charge >= 0.3 is 6.18 Å². The minimum Gasteiger partial charge on any atom is -0.465 e. The number of amides is 1. The molecule has 0 bridgehead atoms. The van der Waals surface area contributed by atoms with Crippen LogP contribution in [0.2, 0.25) is 0 Å². The van der Waals surface area contributed by atoms with Crippen LogP contribution < -0.4 is 5.32 Å². The number of carbonyl (C=O) groups excluding carboxylic acids is 1. The Hall–Kier alpha value is -1.72. The topological polar surface area (TPSA) is 42.2 Å². The summed E-state index contributed by atoms with van der Waals surface area (Å²) >= 11 is 0. The molecule has 1 aliphatic rings. The van der Waals surface area contributed by atoms with Gasteiger partial charge in [0.15, 0.2) is 0 Å². The number of hydrogen-bond acceptors (Lipinski definition) is 2. The van der Waals surface area contributed by atoms with Crippen LogP contribution in [-0.2, 0) is 4.79 Å². The molecular formula is C14H16F3NO2. The van der Waals surface area contributed by atoms with Crippen LogP contribution in [0, 0.1) is 5.92 Å². The molecule has 0 aromatic carbocycles. The maximum atomic E-state index is 12.9. The summed E-state index contributed by atoms with van der Waals surface area (Å²) in [6.07, 6.45) is 1.53. The SMILES string of the molecule is O=C(/C=C/c1ccco1)NC1CCCCC1C(F)(F)F. The van der Waals surface area contributed by atoms with E-state index in [4.69, 9.17) is 4.42 Å². The Morgan fingerprint density at radius 3 is 2.75 bits per heavy atom. The van der Waals surface area contributed by atoms with E-state index in [1.807, 2.05) is 0 Å². The van der Waals surface area contributed by atoms with E-state index in [0.29, 0.717) is 25.0 Å².